The number of pyridine rings is 1. The van der Waals surface area contributed by atoms with E-state index >= 15 is 0 Å². The molecule has 1 atom stereocenters. The van der Waals surface area contributed by atoms with Crippen molar-refractivity contribution in [1.82, 2.24) is 25.0 Å². The molecule has 5 N–H and O–H groups in total. The molecule has 10 nitrogen and oxygen atoms in total. The van der Waals surface area contributed by atoms with E-state index in [-0.39, 0.29) is 12.5 Å². The van der Waals surface area contributed by atoms with Crippen LogP contribution in [0.15, 0.2) is 66.9 Å². The van der Waals surface area contributed by atoms with Gasteiger partial charge >= 0.3 is 6.03 Å². The molecule has 0 fully saturated rings. The van der Waals surface area contributed by atoms with Crippen molar-refractivity contribution in [3.63, 3.8) is 0 Å². The van der Waals surface area contributed by atoms with Crippen LogP contribution in [-0.4, -0.2) is 45.9 Å². The molecule has 3 rings (SSSR count). The minimum Gasteiger partial charge on any atom is -0.334 e. The van der Waals surface area contributed by atoms with Gasteiger partial charge in [-0.05, 0) is 37.0 Å². The number of nitrogens with zero attached hydrogens (tertiary/aromatic N) is 1. The van der Waals surface area contributed by atoms with Gasteiger partial charge in [-0.2, -0.15) is 8.42 Å². The highest BCUT2D eigenvalue weighted by Crippen LogP contribution is 2.21. The summed E-state index contributed by atoms with van der Waals surface area (Å²) in [7, 11) is -2.19. The summed E-state index contributed by atoms with van der Waals surface area (Å²) in [5.74, 6) is -0.381. The SMILES string of the molecule is BNS(=O)(=O)NCCCCC(NC(=O)NCc1ccccc1)C(=O)Nc1cccc2cccnc12. The topological polar surface area (TPSA) is 141 Å². The van der Waals surface area contributed by atoms with Crippen LogP contribution in [0, 0.1) is 0 Å². The van der Waals surface area contributed by atoms with E-state index in [1.807, 2.05) is 54.6 Å². The van der Waals surface area contributed by atoms with Crippen LogP contribution in [0.1, 0.15) is 24.8 Å². The largest absolute Gasteiger partial charge is 0.334 e. The summed E-state index contributed by atoms with van der Waals surface area (Å²) in [6.45, 7) is 0.533. The van der Waals surface area contributed by atoms with E-state index in [4.69, 9.17) is 0 Å². The number of urea groups is 1. The number of carbonyl (C=O) groups is 2. The zero-order valence-corrected chi connectivity index (χ0v) is 20.3. The highest BCUT2D eigenvalue weighted by Gasteiger charge is 2.21. The molecular weight excluding hydrogens is 467 g/mol. The van der Waals surface area contributed by atoms with Crippen molar-refractivity contribution in [3.8, 4) is 0 Å². The summed E-state index contributed by atoms with van der Waals surface area (Å²) < 4.78 is 27.6. The third kappa shape index (κ3) is 8.35. The Hall–Kier alpha value is -3.48. The maximum Gasteiger partial charge on any atom is 0.315 e. The maximum atomic E-state index is 13.1. The number of benzene rings is 2. The van der Waals surface area contributed by atoms with E-state index in [1.54, 1.807) is 12.3 Å². The Kier molecular flexibility index (Phi) is 9.59. The fourth-order valence-corrected chi connectivity index (χ4v) is 3.99. The van der Waals surface area contributed by atoms with Crippen LogP contribution in [0.2, 0.25) is 0 Å². The Bertz CT molecular complexity index is 1240. The second-order valence-electron chi connectivity index (χ2n) is 7.83. The van der Waals surface area contributed by atoms with E-state index in [1.165, 1.54) is 7.98 Å². The molecular formula is C23H29BN6O4S. The number of carbonyl (C=O) groups excluding carboxylic acids is 2. The lowest BCUT2D eigenvalue weighted by Gasteiger charge is -2.19. The van der Waals surface area contributed by atoms with Crippen molar-refractivity contribution in [2.24, 2.45) is 0 Å². The molecule has 12 heteroatoms. The molecule has 184 valence electrons. The average molecular weight is 496 g/mol. The number of nitrogens with one attached hydrogen (secondary N) is 5. The van der Waals surface area contributed by atoms with Crippen LogP contribution in [0.4, 0.5) is 10.5 Å². The van der Waals surface area contributed by atoms with Gasteiger partial charge in [0.05, 0.1) is 11.2 Å². The Morgan fingerprint density at radius 1 is 0.971 bits per heavy atom. The van der Waals surface area contributed by atoms with E-state index in [9.17, 15) is 18.0 Å². The molecule has 3 amide bonds. The number of anilines is 1. The van der Waals surface area contributed by atoms with E-state index < -0.39 is 22.3 Å². The van der Waals surface area contributed by atoms with Crippen molar-refractivity contribution in [2.45, 2.75) is 31.8 Å². The van der Waals surface area contributed by atoms with Crippen LogP contribution < -0.4 is 25.3 Å². The first kappa shape index (κ1) is 26.1. The molecule has 1 aromatic heterocycles. The number of hydrogen-bond acceptors (Lipinski definition) is 5. The van der Waals surface area contributed by atoms with Gasteiger partial charge in [0, 0.05) is 24.7 Å². The molecule has 2 aromatic carbocycles. The molecule has 0 aliphatic carbocycles. The van der Waals surface area contributed by atoms with Crippen molar-refractivity contribution < 1.29 is 18.0 Å². The Morgan fingerprint density at radius 3 is 2.51 bits per heavy atom. The van der Waals surface area contributed by atoms with Crippen molar-refractivity contribution in [2.75, 3.05) is 11.9 Å². The molecule has 0 radical (unpaired) electrons. The highest BCUT2D eigenvalue weighted by molar-refractivity contribution is 7.88. The summed E-state index contributed by atoms with van der Waals surface area (Å²) in [5, 5.41) is 9.26. The first-order valence-corrected chi connectivity index (χ1v) is 12.8. The highest BCUT2D eigenvalue weighted by atomic mass is 32.2. The van der Waals surface area contributed by atoms with Gasteiger partial charge in [0.25, 0.3) is 10.2 Å². The predicted octanol–water partition coefficient (Wildman–Crippen LogP) is 1.18. The molecule has 0 saturated carbocycles. The van der Waals surface area contributed by atoms with Gasteiger partial charge in [0.2, 0.25) is 13.9 Å². The average Bonchev–Trinajstić information content (AvgIpc) is 2.87. The number of amides is 3. The number of rotatable bonds is 12. The molecule has 35 heavy (non-hydrogen) atoms. The predicted molar refractivity (Wildman–Crippen MR) is 138 cm³/mol. The zero-order valence-electron chi connectivity index (χ0n) is 19.5. The van der Waals surface area contributed by atoms with E-state index in [0.29, 0.717) is 37.0 Å². The van der Waals surface area contributed by atoms with Crippen LogP contribution in [0.3, 0.4) is 0 Å². The molecule has 1 heterocycles. The van der Waals surface area contributed by atoms with Gasteiger partial charge in [0.1, 0.15) is 6.04 Å². The molecule has 0 aliphatic rings. The maximum absolute atomic E-state index is 13.1. The van der Waals surface area contributed by atoms with Crippen molar-refractivity contribution in [1.29, 1.82) is 0 Å². The lowest BCUT2D eigenvalue weighted by Crippen LogP contribution is -2.47. The summed E-state index contributed by atoms with van der Waals surface area (Å²) in [6, 6.07) is 17.3. The minimum atomic E-state index is -3.52. The van der Waals surface area contributed by atoms with Crippen molar-refractivity contribution in [3.05, 3.63) is 72.4 Å². The Labute approximate surface area is 205 Å². The minimum absolute atomic E-state index is 0.213. The van der Waals surface area contributed by atoms with Gasteiger partial charge in [-0.1, -0.05) is 48.5 Å². The molecule has 1 unspecified atom stereocenters. The van der Waals surface area contributed by atoms with E-state index in [2.05, 4.69) is 30.3 Å². The number of para-hydroxylation sites is 1. The number of aromatic nitrogens is 1. The molecule has 0 bridgehead atoms. The zero-order chi connectivity index (χ0) is 25.1. The van der Waals surface area contributed by atoms with Gasteiger partial charge in [0.15, 0.2) is 0 Å². The monoisotopic (exact) mass is 496 g/mol. The lowest BCUT2D eigenvalue weighted by molar-refractivity contribution is -0.118. The fraction of sp³-hybridized carbons (Fsp3) is 0.261. The Morgan fingerprint density at radius 2 is 1.74 bits per heavy atom. The van der Waals surface area contributed by atoms with Crippen LogP contribution in [-0.2, 0) is 21.5 Å². The van der Waals surface area contributed by atoms with Crippen LogP contribution in [0.25, 0.3) is 10.9 Å². The summed E-state index contributed by atoms with van der Waals surface area (Å²) in [5.41, 5.74) is 2.13. The van der Waals surface area contributed by atoms with Gasteiger partial charge in [-0.25, -0.2) is 9.52 Å². The first-order valence-electron chi connectivity index (χ1n) is 11.3. The van der Waals surface area contributed by atoms with Gasteiger partial charge < -0.3 is 16.0 Å². The van der Waals surface area contributed by atoms with E-state index in [0.717, 1.165) is 10.9 Å². The van der Waals surface area contributed by atoms with Crippen molar-refractivity contribution >= 4 is 46.7 Å². The summed E-state index contributed by atoms with van der Waals surface area (Å²) in [6.07, 6.45) is 2.98. The first-order chi connectivity index (χ1) is 16.9. The smallest absolute Gasteiger partial charge is 0.315 e. The molecule has 0 spiro atoms. The fourth-order valence-electron chi connectivity index (χ4n) is 3.43. The summed E-state index contributed by atoms with van der Waals surface area (Å²) in [4.78, 5) is 30.0. The number of unbranched alkanes of at least 4 members (excludes halogenated alkanes) is 1. The molecule has 0 saturated heterocycles. The quantitative estimate of drug-likeness (QED) is 0.189. The molecule has 0 aliphatic heterocycles. The number of fused-ring (bicyclic) bond motifs is 1. The third-order valence-electron chi connectivity index (χ3n) is 5.29. The Balaban J connectivity index is 1.63. The second-order valence-corrected chi connectivity index (χ2v) is 9.54. The van der Waals surface area contributed by atoms with Crippen LogP contribution >= 0.6 is 0 Å². The number of hydrogen-bond donors (Lipinski definition) is 5. The lowest BCUT2D eigenvalue weighted by atomic mass is 10.1. The third-order valence-corrected chi connectivity index (χ3v) is 6.41. The molecule has 3 aromatic rings. The van der Waals surface area contributed by atoms with Gasteiger partial charge in [-0.3, -0.25) is 14.4 Å². The standard InChI is InChI=1S/C23H29BN6O4S/c24-30-35(33,34)27-15-5-4-12-20(29-23(32)26-16-17-8-2-1-3-9-17)22(31)28-19-13-6-10-18-11-7-14-25-21(18)19/h1-3,6-11,13-14,20,27,30H,4-5,12,15-16,24H2,(H,28,31)(H2,26,29,32). The summed E-state index contributed by atoms with van der Waals surface area (Å²) >= 11 is 0. The normalized spacial score (nSPS) is 12.1. The van der Waals surface area contributed by atoms with Gasteiger partial charge in [-0.15, -0.1) is 0 Å². The second kappa shape index (κ2) is 12.8. The van der Waals surface area contributed by atoms with Crippen LogP contribution in [0.5, 0.6) is 0 Å².